The number of fused-ring (bicyclic) bond motifs is 1. The van der Waals surface area contributed by atoms with Crippen molar-refractivity contribution in [3.63, 3.8) is 0 Å². The van der Waals surface area contributed by atoms with Crippen LogP contribution in [0, 0.1) is 10.1 Å². The van der Waals surface area contributed by atoms with Crippen LogP contribution >= 0.6 is 11.3 Å². The fraction of sp³-hybridized carbons (Fsp3) is 0.312. The molecule has 0 spiro atoms. The summed E-state index contributed by atoms with van der Waals surface area (Å²) < 4.78 is 5.25. The predicted molar refractivity (Wildman–Crippen MR) is 83.2 cm³/mol. The van der Waals surface area contributed by atoms with Crippen LogP contribution in [0.25, 0.3) is 0 Å². The summed E-state index contributed by atoms with van der Waals surface area (Å²) in [6.45, 7) is -0.0848. The smallest absolute Gasteiger partial charge is 0.348 e. The Bertz CT molecular complexity index is 699. The van der Waals surface area contributed by atoms with Crippen molar-refractivity contribution in [2.45, 2.75) is 32.3 Å². The van der Waals surface area contributed by atoms with Gasteiger partial charge in [0.1, 0.15) is 11.5 Å². The van der Waals surface area contributed by atoms with Crippen LogP contribution in [0.5, 0.6) is 0 Å². The van der Waals surface area contributed by atoms with E-state index in [0.29, 0.717) is 10.4 Å². The maximum Gasteiger partial charge on any atom is 0.348 e. The molecule has 5 nitrogen and oxygen atoms in total. The SMILES string of the molecule is O=C(OCc1ccccc1[N+](=O)[O-])c1cc2c(s1)CCCC2. The van der Waals surface area contributed by atoms with Crippen molar-refractivity contribution in [2.24, 2.45) is 0 Å². The number of carbonyl (C=O) groups is 1. The van der Waals surface area contributed by atoms with E-state index in [4.69, 9.17) is 4.74 Å². The standard InChI is InChI=1S/C16H15NO4S/c18-16(15-9-11-5-2-4-8-14(11)22-15)21-10-12-6-1-3-7-13(12)17(19)20/h1,3,6-7,9H,2,4-5,8,10H2. The van der Waals surface area contributed by atoms with Crippen LogP contribution in [0.2, 0.25) is 0 Å². The molecule has 0 bridgehead atoms. The van der Waals surface area contributed by atoms with Gasteiger partial charge < -0.3 is 4.74 Å². The minimum Gasteiger partial charge on any atom is -0.456 e. The summed E-state index contributed by atoms with van der Waals surface area (Å²) in [6.07, 6.45) is 4.37. The number of hydrogen-bond donors (Lipinski definition) is 0. The van der Waals surface area contributed by atoms with Gasteiger partial charge in [0.25, 0.3) is 5.69 Å². The Balaban J connectivity index is 1.70. The highest BCUT2D eigenvalue weighted by Crippen LogP contribution is 2.30. The van der Waals surface area contributed by atoms with Gasteiger partial charge in [0.2, 0.25) is 0 Å². The van der Waals surface area contributed by atoms with Gasteiger partial charge in [-0.25, -0.2) is 4.79 Å². The molecular weight excluding hydrogens is 302 g/mol. The van der Waals surface area contributed by atoms with Gasteiger partial charge in [-0.05, 0) is 43.4 Å². The third kappa shape index (κ3) is 3.01. The fourth-order valence-corrected chi connectivity index (χ4v) is 3.76. The lowest BCUT2D eigenvalue weighted by Gasteiger charge is -2.08. The van der Waals surface area contributed by atoms with E-state index in [-0.39, 0.29) is 12.3 Å². The first kappa shape index (κ1) is 14.7. The van der Waals surface area contributed by atoms with Crippen LogP contribution in [-0.2, 0) is 24.2 Å². The molecule has 1 aromatic carbocycles. The number of aryl methyl sites for hydroxylation is 2. The second-order valence-electron chi connectivity index (χ2n) is 5.23. The second-order valence-corrected chi connectivity index (χ2v) is 6.36. The number of benzene rings is 1. The molecule has 6 heteroatoms. The number of thiophene rings is 1. The third-order valence-electron chi connectivity index (χ3n) is 3.74. The molecule has 0 aliphatic heterocycles. The van der Waals surface area contributed by atoms with Crippen LogP contribution < -0.4 is 0 Å². The van der Waals surface area contributed by atoms with E-state index in [0.717, 1.165) is 25.7 Å². The summed E-state index contributed by atoms with van der Waals surface area (Å²) in [7, 11) is 0. The van der Waals surface area contributed by atoms with Gasteiger partial charge in [0.05, 0.1) is 10.5 Å². The first-order chi connectivity index (χ1) is 10.6. The molecule has 3 rings (SSSR count). The molecule has 0 saturated carbocycles. The van der Waals surface area contributed by atoms with Gasteiger partial charge in [-0.2, -0.15) is 0 Å². The number of carbonyl (C=O) groups excluding carboxylic acids is 1. The van der Waals surface area contributed by atoms with Gasteiger partial charge in [0, 0.05) is 10.9 Å². The number of nitro groups is 1. The lowest BCUT2D eigenvalue weighted by atomic mass is 9.99. The molecule has 1 aromatic heterocycles. The second kappa shape index (κ2) is 6.27. The highest BCUT2D eigenvalue weighted by Gasteiger charge is 2.19. The van der Waals surface area contributed by atoms with Gasteiger partial charge in [-0.15, -0.1) is 11.3 Å². The van der Waals surface area contributed by atoms with E-state index in [1.807, 2.05) is 6.07 Å². The summed E-state index contributed by atoms with van der Waals surface area (Å²) in [5, 5.41) is 10.9. The Morgan fingerprint density at radius 3 is 2.82 bits per heavy atom. The first-order valence-corrected chi connectivity index (χ1v) is 7.98. The summed E-state index contributed by atoms with van der Waals surface area (Å²) in [5.74, 6) is -0.405. The fourth-order valence-electron chi connectivity index (χ4n) is 2.62. The molecule has 2 aromatic rings. The topological polar surface area (TPSA) is 69.4 Å². The van der Waals surface area contributed by atoms with Crippen LogP contribution in [0.15, 0.2) is 30.3 Å². The molecule has 0 radical (unpaired) electrons. The Kier molecular flexibility index (Phi) is 4.20. The maximum absolute atomic E-state index is 12.1. The van der Waals surface area contributed by atoms with E-state index in [2.05, 4.69) is 0 Å². The number of para-hydroxylation sites is 1. The van der Waals surface area contributed by atoms with E-state index in [9.17, 15) is 14.9 Å². The Morgan fingerprint density at radius 2 is 2.05 bits per heavy atom. The quantitative estimate of drug-likeness (QED) is 0.487. The lowest BCUT2D eigenvalue weighted by Crippen LogP contribution is -2.05. The highest BCUT2D eigenvalue weighted by molar-refractivity contribution is 7.14. The molecule has 1 aliphatic carbocycles. The maximum atomic E-state index is 12.1. The van der Waals surface area contributed by atoms with E-state index < -0.39 is 10.9 Å². The normalized spacial score (nSPS) is 13.5. The summed E-state index contributed by atoms with van der Waals surface area (Å²) in [5.41, 5.74) is 1.62. The lowest BCUT2D eigenvalue weighted by molar-refractivity contribution is -0.385. The van der Waals surface area contributed by atoms with Crippen molar-refractivity contribution in [3.8, 4) is 0 Å². The average Bonchev–Trinajstić information content (AvgIpc) is 2.97. The summed E-state index contributed by atoms with van der Waals surface area (Å²) in [4.78, 5) is 24.5. The number of hydrogen-bond acceptors (Lipinski definition) is 5. The molecule has 0 N–H and O–H groups in total. The van der Waals surface area contributed by atoms with Crippen LogP contribution in [0.3, 0.4) is 0 Å². The minimum atomic E-state index is -0.465. The molecule has 1 heterocycles. The van der Waals surface area contributed by atoms with Crippen molar-refractivity contribution < 1.29 is 14.5 Å². The van der Waals surface area contributed by atoms with Crippen LogP contribution in [0.1, 0.15) is 38.5 Å². The number of nitrogens with zero attached hydrogens (tertiary/aromatic N) is 1. The highest BCUT2D eigenvalue weighted by atomic mass is 32.1. The molecule has 0 fully saturated rings. The van der Waals surface area contributed by atoms with Crippen molar-refractivity contribution in [1.82, 2.24) is 0 Å². The zero-order valence-corrected chi connectivity index (χ0v) is 12.7. The summed E-state index contributed by atoms with van der Waals surface area (Å²) >= 11 is 1.48. The van der Waals surface area contributed by atoms with E-state index in [1.54, 1.807) is 18.2 Å². The number of esters is 1. The zero-order valence-electron chi connectivity index (χ0n) is 11.9. The first-order valence-electron chi connectivity index (χ1n) is 7.16. The molecule has 0 amide bonds. The Hall–Kier alpha value is -2.21. The third-order valence-corrected chi connectivity index (χ3v) is 4.96. The van der Waals surface area contributed by atoms with E-state index in [1.165, 1.54) is 27.8 Å². The number of nitro benzene ring substituents is 1. The summed E-state index contributed by atoms with van der Waals surface area (Å²) in [6, 6.07) is 8.20. The van der Waals surface area contributed by atoms with Gasteiger partial charge >= 0.3 is 5.97 Å². The van der Waals surface area contributed by atoms with Gasteiger partial charge in [0.15, 0.2) is 0 Å². The molecule has 114 valence electrons. The minimum absolute atomic E-state index is 0.0271. The number of rotatable bonds is 4. The van der Waals surface area contributed by atoms with Gasteiger partial charge in [-0.3, -0.25) is 10.1 Å². The van der Waals surface area contributed by atoms with Crippen molar-refractivity contribution in [3.05, 3.63) is 61.3 Å². The van der Waals surface area contributed by atoms with Crippen molar-refractivity contribution in [1.29, 1.82) is 0 Å². The molecule has 0 unspecified atom stereocenters. The van der Waals surface area contributed by atoms with Crippen LogP contribution in [0.4, 0.5) is 5.69 Å². The van der Waals surface area contributed by atoms with Crippen molar-refractivity contribution in [2.75, 3.05) is 0 Å². The molecule has 22 heavy (non-hydrogen) atoms. The van der Waals surface area contributed by atoms with Crippen molar-refractivity contribution >= 4 is 23.0 Å². The molecule has 1 aliphatic rings. The predicted octanol–water partition coefficient (Wildman–Crippen LogP) is 3.89. The molecule has 0 atom stereocenters. The largest absolute Gasteiger partial charge is 0.456 e. The number of ether oxygens (including phenoxy) is 1. The zero-order chi connectivity index (χ0) is 15.5. The molecule has 0 saturated heterocycles. The Labute approximate surface area is 131 Å². The van der Waals surface area contributed by atoms with Crippen LogP contribution in [-0.4, -0.2) is 10.9 Å². The van der Waals surface area contributed by atoms with E-state index >= 15 is 0 Å². The van der Waals surface area contributed by atoms with Gasteiger partial charge in [-0.1, -0.05) is 12.1 Å². The average molecular weight is 317 g/mol. The Morgan fingerprint density at radius 1 is 1.27 bits per heavy atom. The monoisotopic (exact) mass is 317 g/mol. The molecular formula is C16H15NO4S.